The van der Waals surface area contributed by atoms with E-state index in [0.29, 0.717) is 6.04 Å². The fourth-order valence-corrected chi connectivity index (χ4v) is 1.77. The summed E-state index contributed by atoms with van der Waals surface area (Å²) in [5, 5.41) is 0. The topological polar surface area (TPSA) is 29.3 Å². The Morgan fingerprint density at radius 3 is 2.19 bits per heavy atom. The van der Waals surface area contributed by atoms with Gasteiger partial charge in [0.1, 0.15) is 0 Å². The molecule has 2 nitrogen and oxygen atoms in total. The molecule has 0 aliphatic carbocycles. The molecule has 0 aromatic heterocycles. The van der Waals surface area contributed by atoms with Crippen molar-refractivity contribution in [1.29, 1.82) is 0 Å². The smallest absolute Gasteiger partial charge is 0.0322 e. The second-order valence-electron chi connectivity index (χ2n) is 5.12. The van der Waals surface area contributed by atoms with Crippen molar-refractivity contribution in [2.24, 2.45) is 0 Å². The van der Waals surface area contributed by atoms with E-state index in [0.717, 1.165) is 12.1 Å². The molecule has 0 heterocycles. The fourth-order valence-electron chi connectivity index (χ4n) is 1.77. The molecule has 1 aromatic rings. The van der Waals surface area contributed by atoms with Crippen LogP contribution in [0.5, 0.6) is 0 Å². The predicted octanol–water partition coefficient (Wildman–Crippen LogP) is 3.45. The van der Waals surface area contributed by atoms with Gasteiger partial charge in [0, 0.05) is 17.3 Å². The molecule has 0 aliphatic rings. The zero-order valence-electron chi connectivity index (χ0n) is 11.1. The molecule has 1 aromatic carbocycles. The van der Waals surface area contributed by atoms with Crippen LogP contribution in [0.3, 0.4) is 0 Å². The molecule has 90 valence electrons. The van der Waals surface area contributed by atoms with Crippen LogP contribution in [0, 0.1) is 0 Å². The average Bonchev–Trinajstić information content (AvgIpc) is 2.28. The van der Waals surface area contributed by atoms with Crippen LogP contribution in [0.25, 0.3) is 0 Å². The molecule has 1 unspecified atom stereocenters. The van der Waals surface area contributed by atoms with Crippen molar-refractivity contribution in [2.45, 2.75) is 45.7 Å². The third-order valence-corrected chi connectivity index (χ3v) is 3.82. The molecule has 0 saturated heterocycles. The highest BCUT2D eigenvalue weighted by atomic mass is 15.2. The molecule has 0 saturated carbocycles. The quantitative estimate of drug-likeness (QED) is 0.787. The summed E-state index contributed by atoms with van der Waals surface area (Å²) in [7, 11) is 2.19. The number of nitrogens with two attached hydrogens (primary N) is 1. The first-order chi connectivity index (χ1) is 7.38. The Morgan fingerprint density at radius 1 is 1.25 bits per heavy atom. The highest BCUT2D eigenvalue weighted by Gasteiger charge is 2.25. The van der Waals surface area contributed by atoms with Crippen LogP contribution in [-0.4, -0.2) is 17.5 Å². The standard InChI is InChI=1S/C14H24N2/c1-6-14(3,4)16(5)11(2)12-7-9-13(15)10-8-12/h7-11H,6,15H2,1-5H3. The second-order valence-corrected chi connectivity index (χ2v) is 5.12. The van der Waals surface area contributed by atoms with Gasteiger partial charge in [-0.1, -0.05) is 19.1 Å². The molecule has 0 fully saturated rings. The number of nitrogens with zero attached hydrogens (tertiary/aromatic N) is 1. The van der Waals surface area contributed by atoms with E-state index in [-0.39, 0.29) is 5.54 Å². The van der Waals surface area contributed by atoms with Crippen LogP contribution in [0.4, 0.5) is 5.69 Å². The third kappa shape index (κ3) is 2.76. The first-order valence-electron chi connectivity index (χ1n) is 5.97. The van der Waals surface area contributed by atoms with Crippen molar-refractivity contribution in [2.75, 3.05) is 12.8 Å². The fraction of sp³-hybridized carbons (Fsp3) is 0.571. The van der Waals surface area contributed by atoms with E-state index in [1.165, 1.54) is 5.56 Å². The summed E-state index contributed by atoms with van der Waals surface area (Å²) in [4.78, 5) is 2.42. The Balaban J connectivity index is 2.85. The van der Waals surface area contributed by atoms with Crippen LogP contribution >= 0.6 is 0 Å². The van der Waals surface area contributed by atoms with Crippen LogP contribution in [0.2, 0.25) is 0 Å². The van der Waals surface area contributed by atoms with Crippen molar-refractivity contribution < 1.29 is 0 Å². The zero-order chi connectivity index (χ0) is 12.3. The Kier molecular flexibility index (Phi) is 3.98. The Morgan fingerprint density at radius 2 is 1.75 bits per heavy atom. The van der Waals surface area contributed by atoms with E-state index in [9.17, 15) is 0 Å². The Labute approximate surface area is 99.5 Å². The number of benzene rings is 1. The van der Waals surface area contributed by atoms with E-state index in [2.05, 4.69) is 51.8 Å². The van der Waals surface area contributed by atoms with Crippen molar-refractivity contribution in [3.63, 3.8) is 0 Å². The van der Waals surface area contributed by atoms with E-state index in [4.69, 9.17) is 5.73 Å². The molecular formula is C14H24N2. The lowest BCUT2D eigenvalue weighted by molar-refractivity contribution is 0.106. The minimum absolute atomic E-state index is 0.223. The van der Waals surface area contributed by atoms with E-state index in [1.54, 1.807) is 0 Å². The van der Waals surface area contributed by atoms with Gasteiger partial charge in [0.05, 0.1) is 0 Å². The van der Waals surface area contributed by atoms with Crippen molar-refractivity contribution in [1.82, 2.24) is 4.90 Å². The maximum atomic E-state index is 5.70. The highest BCUT2D eigenvalue weighted by Crippen LogP contribution is 2.28. The SMILES string of the molecule is CCC(C)(C)N(C)C(C)c1ccc(N)cc1. The van der Waals surface area contributed by atoms with Crippen LogP contribution in [-0.2, 0) is 0 Å². The van der Waals surface area contributed by atoms with E-state index >= 15 is 0 Å². The lowest BCUT2D eigenvalue weighted by Gasteiger charge is -2.39. The highest BCUT2D eigenvalue weighted by molar-refractivity contribution is 5.40. The number of hydrogen-bond acceptors (Lipinski definition) is 2. The molecule has 0 aliphatic heterocycles. The van der Waals surface area contributed by atoms with Crippen molar-refractivity contribution >= 4 is 5.69 Å². The van der Waals surface area contributed by atoms with E-state index < -0.39 is 0 Å². The van der Waals surface area contributed by atoms with Gasteiger partial charge in [-0.15, -0.1) is 0 Å². The van der Waals surface area contributed by atoms with Gasteiger partial charge in [-0.25, -0.2) is 0 Å². The number of anilines is 1. The molecule has 2 N–H and O–H groups in total. The average molecular weight is 220 g/mol. The van der Waals surface area contributed by atoms with Gasteiger partial charge in [0.25, 0.3) is 0 Å². The number of nitrogen functional groups attached to an aromatic ring is 1. The number of rotatable bonds is 4. The summed E-state index contributed by atoms with van der Waals surface area (Å²) in [6, 6.07) is 8.58. The molecule has 0 spiro atoms. The van der Waals surface area contributed by atoms with Crippen LogP contribution in [0.1, 0.15) is 45.7 Å². The van der Waals surface area contributed by atoms with Gasteiger partial charge in [0.2, 0.25) is 0 Å². The Bertz CT molecular complexity index is 327. The second kappa shape index (κ2) is 4.88. The van der Waals surface area contributed by atoms with Crippen molar-refractivity contribution in [3.8, 4) is 0 Å². The maximum absolute atomic E-state index is 5.70. The summed E-state index contributed by atoms with van der Waals surface area (Å²) < 4.78 is 0. The molecule has 0 amide bonds. The van der Waals surface area contributed by atoms with Gasteiger partial charge >= 0.3 is 0 Å². The third-order valence-electron chi connectivity index (χ3n) is 3.82. The van der Waals surface area contributed by atoms with Gasteiger partial charge in [0.15, 0.2) is 0 Å². The van der Waals surface area contributed by atoms with Gasteiger partial charge in [-0.05, 0) is 51.9 Å². The lowest BCUT2D eigenvalue weighted by Crippen LogP contribution is -2.41. The first kappa shape index (κ1) is 13.0. The molecule has 2 heteroatoms. The van der Waals surface area contributed by atoms with Gasteiger partial charge < -0.3 is 5.73 Å². The summed E-state index contributed by atoms with van der Waals surface area (Å²) in [5.41, 5.74) is 8.07. The lowest BCUT2D eigenvalue weighted by atomic mass is 9.95. The van der Waals surface area contributed by atoms with Crippen LogP contribution < -0.4 is 5.73 Å². The number of hydrogen-bond donors (Lipinski definition) is 1. The molecular weight excluding hydrogens is 196 g/mol. The molecule has 0 radical (unpaired) electrons. The molecule has 16 heavy (non-hydrogen) atoms. The molecule has 1 rings (SSSR count). The summed E-state index contributed by atoms with van der Waals surface area (Å²) >= 11 is 0. The monoisotopic (exact) mass is 220 g/mol. The summed E-state index contributed by atoms with van der Waals surface area (Å²) in [5.74, 6) is 0. The van der Waals surface area contributed by atoms with Gasteiger partial charge in [-0.3, -0.25) is 4.90 Å². The summed E-state index contributed by atoms with van der Waals surface area (Å²) in [6.07, 6.45) is 1.14. The van der Waals surface area contributed by atoms with Crippen LogP contribution in [0.15, 0.2) is 24.3 Å². The first-order valence-corrected chi connectivity index (χ1v) is 5.97. The largest absolute Gasteiger partial charge is 0.399 e. The zero-order valence-corrected chi connectivity index (χ0v) is 11.1. The summed E-state index contributed by atoms with van der Waals surface area (Å²) in [6.45, 7) is 9.02. The van der Waals surface area contributed by atoms with Gasteiger partial charge in [-0.2, -0.15) is 0 Å². The predicted molar refractivity (Wildman–Crippen MR) is 71.4 cm³/mol. The molecule has 1 atom stereocenters. The maximum Gasteiger partial charge on any atom is 0.0322 e. The van der Waals surface area contributed by atoms with E-state index in [1.807, 2.05) is 12.1 Å². The van der Waals surface area contributed by atoms with Crippen molar-refractivity contribution in [3.05, 3.63) is 29.8 Å². The molecule has 0 bridgehead atoms. The minimum Gasteiger partial charge on any atom is -0.399 e. The minimum atomic E-state index is 0.223. The Hall–Kier alpha value is -1.02. The normalized spacial score (nSPS) is 14.1.